The van der Waals surface area contributed by atoms with E-state index < -0.39 is 17.8 Å². The maximum Gasteiger partial charge on any atom is 0.128 e. The van der Waals surface area contributed by atoms with Crippen LogP contribution in [0.5, 0.6) is 0 Å². The SMILES string of the molecule is NCC(c1c(F)cccc1Cl)C(O)c1ccc(Br)cc1Cl. The summed E-state index contributed by atoms with van der Waals surface area (Å²) in [4.78, 5) is 0. The van der Waals surface area contributed by atoms with Crippen molar-refractivity contribution in [2.24, 2.45) is 5.73 Å². The molecule has 0 bridgehead atoms. The van der Waals surface area contributed by atoms with Gasteiger partial charge in [0.15, 0.2) is 0 Å². The fourth-order valence-electron chi connectivity index (χ4n) is 2.23. The molecule has 2 unspecified atom stereocenters. The summed E-state index contributed by atoms with van der Waals surface area (Å²) >= 11 is 15.5. The van der Waals surface area contributed by atoms with E-state index in [0.717, 1.165) is 4.47 Å². The van der Waals surface area contributed by atoms with Gasteiger partial charge in [-0.25, -0.2) is 4.39 Å². The second kappa shape index (κ2) is 7.07. The maximum atomic E-state index is 14.0. The molecule has 0 aliphatic rings. The number of rotatable bonds is 4. The van der Waals surface area contributed by atoms with Crippen LogP contribution in [0.3, 0.4) is 0 Å². The molecule has 0 radical (unpaired) electrons. The predicted octanol–water partition coefficient (Wildman–Crippen LogP) is 4.67. The van der Waals surface area contributed by atoms with E-state index in [1.807, 2.05) is 0 Å². The lowest BCUT2D eigenvalue weighted by atomic mass is 9.88. The van der Waals surface area contributed by atoms with Crippen molar-refractivity contribution in [3.63, 3.8) is 0 Å². The molecule has 2 aromatic carbocycles. The van der Waals surface area contributed by atoms with E-state index in [9.17, 15) is 9.50 Å². The molecule has 0 fully saturated rings. The molecule has 2 atom stereocenters. The van der Waals surface area contributed by atoms with E-state index in [1.165, 1.54) is 12.1 Å². The van der Waals surface area contributed by atoms with E-state index in [0.29, 0.717) is 10.6 Å². The molecule has 0 spiro atoms. The van der Waals surface area contributed by atoms with E-state index >= 15 is 0 Å². The third kappa shape index (κ3) is 3.58. The smallest absolute Gasteiger partial charge is 0.128 e. The molecule has 2 rings (SSSR count). The van der Waals surface area contributed by atoms with E-state index in [4.69, 9.17) is 28.9 Å². The average Bonchev–Trinajstić information content (AvgIpc) is 2.42. The molecule has 0 aliphatic carbocycles. The highest BCUT2D eigenvalue weighted by atomic mass is 79.9. The first-order valence-electron chi connectivity index (χ1n) is 6.22. The molecule has 3 N–H and O–H groups in total. The van der Waals surface area contributed by atoms with Gasteiger partial charge in [0.25, 0.3) is 0 Å². The van der Waals surface area contributed by atoms with Crippen LogP contribution in [0.1, 0.15) is 23.1 Å². The molecule has 0 heterocycles. The Bertz CT molecular complexity index is 633. The summed E-state index contributed by atoms with van der Waals surface area (Å²) in [5.41, 5.74) is 6.41. The van der Waals surface area contributed by atoms with Gasteiger partial charge < -0.3 is 10.8 Å². The highest BCUT2D eigenvalue weighted by molar-refractivity contribution is 9.10. The van der Waals surface area contributed by atoms with E-state index in [2.05, 4.69) is 15.9 Å². The van der Waals surface area contributed by atoms with Crippen molar-refractivity contribution in [2.75, 3.05) is 6.54 Å². The topological polar surface area (TPSA) is 46.2 Å². The Morgan fingerprint density at radius 1 is 1.19 bits per heavy atom. The minimum absolute atomic E-state index is 0.0359. The van der Waals surface area contributed by atoms with Gasteiger partial charge in [0.05, 0.1) is 6.10 Å². The molecule has 0 aromatic heterocycles. The summed E-state index contributed by atoms with van der Waals surface area (Å²) in [6, 6.07) is 9.46. The lowest BCUT2D eigenvalue weighted by Gasteiger charge is -2.24. The number of benzene rings is 2. The summed E-state index contributed by atoms with van der Waals surface area (Å²) in [6.07, 6.45) is -1.05. The zero-order valence-corrected chi connectivity index (χ0v) is 14.0. The van der Waals surface area contributed by atoms with Gasteiger partial charge in [-0.05, 0) is 29.8 Å². The van der Waals surface area contributed by atoms with Gasteiger partial charge in [-0.15, -0.1) is 0 Å². The Hall–Kier alpha value is -0.650. The maximum absolute atomic E-state index is 14.0. The molecular formula is C15H13BrCl2FNO. The number of nitrogens with two attached hydrogens (primary N) is 1. The number of aliphatic hydroxyl groups excluding tert-OH is 1. The van der Waals surface area contributed by atoms with Crippen LogP contribution in [0, 0.1) is 5.82 Å². The fourth-order valence-corrected chi connectivity index (χ4v) is 3.32. The van der Waals surface area contributed by atoms with Crippen molar-refractivity contribution >= 4 is 39.1 Å². The first kappa shape index (κ1) is 16.7. The van der Waals surface area contributed by atoms with Crippen LogP contribution in [0.25, 0.3) is 0 Å². The molecule has 0 amide bonds. The Kier molecular flexibility index (Phi) is 5.63. The van der Waals surface area contributed by atoms with Crippen molar-refractivity contribution in [3.05, 3.63) is 67.9 Å². The number of halogens is 4. The molecular weight excluding hydrogens is 380 g/mol. The highest BCUT2D eigenvalue weighted by Gasteiger charge is 2.27. The van der Waals surface area contributed by atoms with Gasteiger partial charge in [-0.2, -0.15) is 0 Å². The van der Waals surface area contributed by atoms with E-state index in [1.54, 1.807) is 24.3 Å². The Morgan fingerprint density at radius 3 is 2.48 bits per heavy atom. The number of aliphatic hydroxyl groups is 1. The second-order valence-corrected chi connectivity index (χ2v) is 6.32. The van der Waals surface area contributed by atoms with Crippen LogP contribution in [0.2, 0.25) is 10.0 Å². The third-order valence-corrected chi connectivity index (χ3v) is 4.44. The molecule has 0 saturated heterocycles. The van der Waals surface area contributed by atoms with Crippen molar-refractivity contribution in [1.82, 2.24) is 0 Å². The number of hydrogen-bond acceptors (Lipinski definition) is 2. The average molecular weight is 393 g/mol. The van der Waals surface area contributed by atoms with Crippen molar-refractivity contribution in [3.8, 4) is 0 Å². The number of hydrogen-bond donors (Lipinski definition) is 2. The van der Waals surface area contributed by atoms with Gasteiger partial charge in [0.2, 0.25) is 0 Å². The molecule has 21 heavy (non-hydrogen) atoms. The quantitative estimate of drug-likeness (QED) is 0.793. The van der Waals surface area contributed by atoms with Crippen LogP contribution in [0.15, 0.2) is 40.9 Å². The van der Waals surface area contributed by atoms with E-state index in [-0.39, 0.29) is 17.1 Å². The second-order valence-electron chi connectivity index (χ2n) is 4.59. The van der Waals surface area contributed by atoms with Gasteiger partial charge in [-0.3, -0.25) is 0 Å². The molecule has 0 saturated carbocycles. The van der Waals surface area contributed by atoms with Gasteiger partial charge >= 0.3 is 0 Å². The summed E-state index contributed by atoms with van der Waals surface area (Å²) in [5, 5.41) is 11.2. The van der Waals surface area contributed by atoms with Crippen molar-refractivity contribution in [1.29, 1.82) is 0 Å². The van der Waals surface area contributed by atoms with Crippen LogP contribution in [-0.2, 0) is 0 Å². The standard InChI is InChI=1S/C15H13BrCl2FNO/c16-8-4-5-9(12(18)6-8)15(21)10(7-20)14-11(17)2-1-3-13(14)19/h1-6,10,15,21H,7,20H2. The molecule has 0 aliphatic heterocycles. The third-order valence-electron chi connectivity index (χ3n) is 3.29. The first-order chi connectivity index (χ1) is 9.95. The summed E-state index contributed by atoms with van der Waals surface area (Å²) in [7, 11) is 0. The van der Waals surface area contributed by atoms with Crippen LogP contribution >= 0.6 is 39.1 Å². The lowest BCUT2D eigenvalue weighted by Crippen LogP contribution is -2.22. The normalized spacial score (nSPS) is 14.0. The van der Waals surface area contributed by atoms with Crippen LogP contribution < -0.4 is 5.73 Å². The zero-order chi connectivity index (χ0) is 15.6. The molecule has 2 nitrogen and oxygen atoms in total. The largest absolute Gasteiger partial charge is 0.388 e. The highest BCUT2D eigenvalue weighted by Crippen LogP contribution is 2.38. The Balaban J connectivity index is 2.46. The molecule has 112 valence electrons. The summed E-state index contributed by atoms with van der Waals surface area (Å²) < 4.78 is 14.8. The minimum atomic E-state index is -1.05. The summed E-state index contributed by atoms with van der Waals surface area (Å²) in [5.74, 6) is -1.18. The van der Waals surface area contributed by atoms with Crippen LogP contribution in [-0.4, -0.2) is 11.7 Å². The molecule has 6 heteroatoms. The first-order valence-corrected chi connectivity index (χ1v) is 7.77. The lowest BCUT2D eigenvalue weighted by molar-refractivity contribution is 0.146. The fraction of sp³-hybridized carbons (Fsp3) is 0.200. The minimum Gasteiger partial charge on any atom is -0.388 e. The monoisotopic (exact) mass is 391 g/mol. The summed E-state index contributed by atoms with van der Waals surface area (Å²) in [6.45, 7) is 0.0359. The predicted molar refractivity (Wildman–Crippen MR) is 87.3 cm³/mol. The van der Waals surface area contributed by atoms with Gasteiger partial charge in [0, 0.05) is 32.5 Å². The molecule has 2 aromatic rings. The van der Waals surface area contributed by atoms with Gasteiger partial charge in [-0.1, -0.05) is 51.3 Å². The van der Waals surface area contributed by atoms with Crippen molar-refractivity contribution < 1.29 is 9.50 Å². The van der Waals surface area contributed by atoms with Crippen molar-refractivity contribution in [2.45, 2.75) is 12.0 Å². The van der Waals surface area contributed by atoms with Gasteiger partial charge in [0.1, 0.15) is 5.82 Å². The van der Waals surface area contributed by atoms with Crippen LogP contribution in [0.4, 0.5) is 4.39 Å². The Morgan fingerprint density at radius 2 is 1.90 bits per heavy atom. The Labute approximate surface area is 140 Å². The zero-order valence-electron chi connectivity index (χ0n) is 10.9.